The van der Waals surface area contributed by atoms with Gasteiger partial charge in [-0.3, -0.25) is 4.79 Å². The van der Waals surface area contributed by atoms with Crippen LogP contribution in [0.4, 0.5) is 8.78 Å². The molecule has 0 aromatic heterocycles. The quantitative estimate of drug-likeness (QED) is 0.645. The predicted molar refractivity (Wildman–Crippen MR) is 110 cm³/mol. The van der Waals surface area contributed by atoms with Crippen LogP contribution >= 0.6 is 0 Å². The van der Waals surface area contributed by atoms with E-state index in [-0.39, 0.29) is 18.9 Å². The largest absolute Gasteiger partial charge is 0.466 e. The Morgan fingerprint density at radius 2 is 1.80 bits per heavy atom. The molecule has 0 bridgehead atoms. The maximum absolute atomic E-state index is 13.6. The molecule has 1 aliphatic rings. The van der Waals surface area contributed by atoms with Crippen molar-refractivity contribution in [3.05, 3.63) is 82.1 Å². The van der Waals surface area contributed by atoms with Gasteiger partial charge in [0.15, 0.2) is 11.6 Å². The van der Waals surface area contributed by atoms with Gasteiger partial charge in [0.25, 0.3) is 0 Å². The van der Waals surface area contributed by atoms with Crippen molar-refractivity contribution in [1.82, 2.24) is 4.90 Å². The zero-order valence-electron chi connectivity index (χ0n) is 17.5. The minimum absolute atomic E-state index is 0.0430. The van der Waals surface area contributed by atoms with Crippen LogP contribution in [0.2, 0.25) is 0 Å². The molecule has 0 fully saturated rings. The second kappa shape index (κ2) is 8.78. The summed E-state index contributed by atoms with van der Waals surface area (Å²) in [7, 11) is 1.30. The molecule has 4 nitrogen and oxygen atoms in total. The van der Waals surface area contributed by atoms with E-state index in [1.165, 1.54) is 23.6 Å². The van der Waals surface area contributed by atoms with Crippen molar-refractivity contribution in [3.8, 4) is 0 Å². The minimum Gasteiger partial charge on any atom is -0.466 e. The molecule has 0 aliphatic carbocycles. The van der Waals surface area contributed by atoms with Gasteiger partial charge in [-0.1, -0.05) is 44.2 Å². The number of hydrogen-bond donors (Lipinski definition) is 0. The molecule has 1 amide bonds. The highest BCUT2D eigenvalue weighted by molar-refractivity contribution is 5.95. The first-order chi connectivity index (χ1) is 14.2. The Hall–Kier alpha value is -3.02. The van der Waals surface area contributed by atoms with Gasteiger partial charge in [0.1, 0.15) is 0 Å². The summed E-state index contributed by atoms with van der Waals surface area (Å²) < 4.78 is 31.8. The van der Waals surface area contributed by atoms with Crippen molar-refractivity contribution < 1.29 is 23.1 Å². The van der Waals surface area contributed by atoms with E-state index in [0.29, 0.717) is 22.8 Å². The maximum atomic E-state index is 13.6. The van der Waals surface area contributed by atoms with Crippen LogP contribution in [0.3, 0.4) is 0 Å². The number of ether oxygens (including phenoxy) is 1. The molecule has 0 spiro atoms. The smallest absolute Gasteiger partial charge is 0.336 e. The zero-order chi connectivity index (χ0) is 22.0. The topological polar surface area (TPSA) is 46.6 Å². The van der Waals surface area contributed by atoms with Crippen LogP contribution in [0.1, 0.15) is 55.7 Å². The Morgan fingerprint density at radius 3 is 2.37 bits per heavy atom. The molecule has 0 saturated carbocycles. The third-order valence-corrected chi connectivity index (χ3v) is 5.56. The Kier molecular flexibility index (Phi) is 6.34. The number of nitrogens with zero attached hydrogens (tertiary/aromatic N) is 1. The lowest BCUT2D eigenvalue weighted by Gasteiger charge is -2.34. The fourth-order valence-corrected chi connectivity index (χ4v) is 3.80. The molecule has 2 aromatic carbocycles. The van der Waals surface area contributed by atoms with Gasteiger partial charge in [0.05, 0.1) is 19.2 Å². The maximum Gasteiger partial charge on any atom is 0.336 e. The SMILES string of the molecule is COC(=O)C1=C(C)N(Cc2ccc(F)c(F)c2)C(=O)C[C@@H]1c1ccc(C(C)C)cc1. The second-order valence-electron chi connectivity index (χ2n) is 7.80. The summed E-state index contributed by atoms with van der Waals surface area (Å²) in [6.45, 7) is 5.92. The van der Waals surface area contributed by atoms with Crippen molar-refractivity contribution in [2.75, 3.05) is 7.11 Å². The number of methoxy groups -OCH3 is 1. The lowest BCUT2D eigenvalue weighted by molar-refractivity contribution is -0.138. The second-order valence-corrected chi connectivity index (χ2v) is 7.80. The van der Waals surface area contributed by atoms with Crippen LogP contribution in [0.5, 0.6) is 0 Å². The van der Waals surface area contributed by atoms with Crippen molar-refractivity contribution >= 4 is 11.9 Å². The number of benzene rings is 2. The highest BCUT2D eigenvalue weighted by atomic mass is 19.2. The van der Waals surface area contributed by atoms with Crippen molar-refractivity contribution in [3.63, 3.8) is 0 Å². The Bertz CT molecular complexity index is 996. The summed E-state index contributed by atoms with van der Waals surface area (Å²) >= 11 is 0. The van der Waals surface area contributed by atoms with E-state index in [2.05, 4.69) is 13.8 Å². The van der Waals surface area contributed by atoms with Gasteiger partial charge in [-0.05, 0) is 41.7 Å². The summed E-state index contributed by atoms with van der Waals surface area (Å²) in [6, 6.07) is 11.4. The van der Waals surface area contributed by atoms with E-state index < -0.39 is 23.5 Å². The Labute approximate surface area is 175 Å². The van der Waals surface area contributed by atoms with Crippen LogP contribution < -0.4 is 0 Å². The molecule has 1 heterocycles. The van der Waals surface area contributed by atoms with Gasteiger partial charge < -0.3 is 9.64 Å². The standard InChI is InChI=1S/C24H25F2NO3/c1-14(2)17-6-8-18(9-7-17)19-12-22(28)27(15(3)23(19)24(29)30-4)13-16-5-10-20(25)21(26)11-16/h5-11,14,19H,12-13H2,1-4H3/t19-/m1/s1. The van der Waals surface area contributed by atoms with Crippen molar-refractivity contribution in [2.24, 2.45) is 0 Å². The molecule has 1 atom stereocenters. The van der Waals surface area contributed by atoms with E-state index in [1.807, 2.05) is 24.3 Å². The number of carbonyl (C=O) groups is 2. The molecule has 0 unspecified atom stereocenters. The highest BCUT2D eigenvalue weighted by Gasteiger charge is 2.36. The van der Waals surface area contributed by atoms with E-state index in [1.54, 1.807) is 6.92 Å². The zero-order valence-corrected chi connectivity index (χ0v) is 17.5. The van der Waals surface area contributed by atoms with Crippen LogP contribution in [0, 0.1) is 11.6 Å². The van der Waals surface area contributed by atoms with Crippen LogP contribution in [0.25, 0.3) is 0 Å². The lowest BCUT2D eigenvalue weighted by atomic mass is 9.83. The molecular formula is C24H25F2NO3. The van der Waals surface area contributed by atoms with Gasteiger partial charge in [-0.2, -0.15) is 0 Å². The number of halogens is 2. The molecule has 6 heteroatoms. The Balaban J connectivity index is 1.99. The summed E-state index contributed by atoms with van der Waals surface area (Å²) in [5, 5.41) is 0. The van der Waals surface area contributed by atoms with Gasteiger partial charge in [-0.15, -0.1) is 0 Å². The predicted octanol–water partition coefficient (Wildman–Crippen LogP) is 5.05. The molecule has 0 radical (unpaired) electrons. The molecular weight excluding hydrogens is 388 g/mol. The summed E-state index contributed by atoms with van der Waals surface area (Å²) in [6.07, 6.45) is 0.0898. The molecule has 158 valence electrons. The molecule has 0 saturated heterocycles. The number of amides is 1. The normalized spacial score (nSPS) is 17.0. The van der Waals surface area contributed by atoms with E-state index in [4.69, 9.17) is 4.74 Å². The summed E-state index contributed by atoms with van der Waals surface area (Å²) in [5.41, 5.74) is 3.32. The van der Waals surface area contributed by atoms with Crippen LogP contribution in [-0.4, -0.2) is 23.9 Å². The van der Waals surface area contributed by atoms with E-state index in [9.17, 15) is 18.4 Å². The molecule has 3 rings (SSSR count). The number of esters is 1. The fraction of sp³-hybridized carbons (Fsp3) is 0.333. The molecule has 1 aliphatic heterocycles. The Morgan fingerprint density at radius 1 is 1.13 bits per heavy atom. The van der Waals surface area contributed by atoms with Gasteiger partial charge in [-0.25, -0.2) is 13.6 Å². The molecule has 30 heavy (non-hydrogen) atoms. The third kappa shape index (κ3) is 4.27. The third-order valence-electron chi connectivity index (χ3n) is 5.56. The van der Waals surface area contributed by atoms with E-state index in [0.717, 1.165) is 17.7 Å². The fourth-order valence-electron chi connectivity index (χ4n) is 3.80. The first kappa shape index (κ1) is 21.7. The minimum atomic E-state index is -0.977. The lowest BCUT2D eigenvalue weighted by Crippen LogP contribution is -2.38. The summed E-state index contributed by atoms with van der Waals surface area (Å²) in [5.74, 6) is -2.68. The average Bonchev–Trinajstić information content (AvgIpc) is 2.72. The monoisotopic (exact) mass is 413 g/mol. The highest BCUT2D eigenvalue weighted by Crippen LogP contribution is 2.38. The van der Waals surface area contributed by atoms with Crippen LogP contribution in [0.15, 0.2) is 53.7 Å². The van der Waals surface area contributed by atoms with Crippen molar-refractivity contribution in [1.29, 1.82) is 0 Å². The average molecular weight is 413 g/mol. The van der Waals surface area contributed by atoms with Gasteiger partial charge in [0, 0.05) is 18.0 Å². The number of rotatable bonds is 5. The summed E-state index contributed by atoms with van der Waals surface area (Å²) in [4.78, 5) is 27.0. The molecule has 0 N–H and O–H groups in total. The number of allylic oxidation sites excluding steroid dienone is 1. The number of hydrogen-bond acceptors (Lipinski definition) is 3. The van der Waals surface area contributed by atoms with Gasteiger partial charge >= 0.3 is 5.97 Å². The first-order valence-electron chi connectivity index (χ1n) is 9.86. The number of carbonyl (C=O) groups excluding carboxylic acids is 2. The van der Waals surface area contributed by atoms with Gasteiger partial charge in [0.2, 0.25) is 5.91 Å². The van der Waals surface area contributed by atoms with Crippen molar-refractivity contribution in [2.45, 2.75) is 45.6 Å². The first-order valence-corrected chi connectivity index (χ1v) is 9.86. The van der Waals surface area contributed by atoms with Crippen LogP contribution in [-0.2, 0) is 20.9 Å². The van der Waals surface area contributed by atoms with E-state index >= 15 is 0 Å². The molecule has 2 aromatic rings.